The predicted octanol–water partition coefficient (Wildman–Crippen LogP) is 3.34. The second kappa shape index (κ2) is 10.6. The van der Waals surface area contributed by atoms with Gasteiger partial charge in [-0.1, -0.05) is 18.6 Å². The summed E-state index contributed by atoms with van der Waals surface area (Å²) in [4.78, 5) is 50.3. The van der Waals surface area contributed by atoms with Crippen molar-refractivity contribution >= 4 is 29.4 Å². The number of nitrogens with one attached hydrogen (secondary N) is 3. The fourth-order valence-electron chi connectivity index (χ4n) is 5.38. The third kappa shape index (κ3) is 5.18. The van der Waals surface area contributed by atoms with Crippen LogP contribution in [-0.4, -0.2) is 44.8 Å². The second-order valence-corrected chi connectivity index (χ2v) is 10.5. The number of piperidine rings is 1. The maximum atomic E-state index is 14.9. The van der Waals surface area contributed by atoms with E-state index in [4.69, 9.17) is 4.74 Å². The zero-order chi connectivity index (χ0) is 27.8. The summed E-state index contributed by atoms with van der Waals surface area (Å²) in [7, 11) is 0. The standard InChI is InChI=1S/C29H28FN5O5/c30-21-11-17(10-19-14-35(29(39)27(19)21)23-8-9-25(36)32-28(23)38)15-40-20-6-4-16(5-7-20)12-26(37)31-24-13-22(33-34-24)18-2-1-3-18/h4-7,10-11,13,18,23H,1-3,8-9,12,14-15H2,(H,32,36,38)(H2,31,33,34,37). The van der Waals surface area contributed by atoms with Crippen LogP contribution in [0.15, 0.2) is 42.5 Å². The summed E-state index contributed by atoms with van der Waals surface area (Å²) < 4.78 is 20.7. The summed E-state index contributed by atoms with van der Waals surface area (Å²) in [6.07, 6.45) is 4.04. The van der Waals surface area contributed by atoms with Crippen molar-refractivity contribution in [1.82, 2.24) is 20.4 Å². The number of benzene rings is 2. The molecular weight excluding hydrogens is 517 g/mol. The molecule has 1 saturated heterocycles. The lowest BCUT2D eigenvalue weighted by Gasteiger charge is -2.29. The number of carbonyl (C=O) groups is 4. The first-order valence-corrected chi connectivity index (χ1v) is 13.4. The van der Waals surface area contributed by atoms with E-state index in [1.165, 1.54) is 17.4 Å². The average Bonchev–Trinajstić information content (AvgIpc) is 3.46. The highest BCUT2D eigenvalue weighted by molar-refractivity contribution is 6.05. The van der Waals surface area contributed by atoms with E-state index in [-0.39, 0.29) is 49.8 Å². The van der Waals surface area contributed by atoms with Gasteiger partial charge in [0.2, 0.25) is 17.7 Å². The second-order valence-electron chi connectivity index (χ2n) is 10.5. The van der Waals surface area contributed by atoms with E-state index in [0.29, 0.717) is 28.6 Å². The molecule has 1 aliphatic carbocycles. The Labute approximate surface area is 229 Å². The molecule has 3 N–H and O–H groups in total. The Hall–Kier alpha value is -4.54. The lowest BCUT2D eigenvalue weighted by molar-refractivity contribution is -0.137. The maximum absolute atomic E-state index is 14.9. The van der Waals surface area contributed by atoms with Crippen molar-refractivity contribution in [1.29, 1.82) is 0 Å². The number of H-pyrrole nitrogens is 1. The van der Waals surface area contributed by atoms with Gasteiger partial charge >= 0.3 is 0 Å². The molecule has 206 valence electrons. The zero-order valence-electron chi connectivity index (χ0n) is 21.7. The lowest BCUT2D eigenvalue weighted by atomic mass is 9.83. The van der Waals surface area contributed by atoms with E-state index in [1.54, 1.807) is 30.3 Å². The Morgan fingerprint density at radius 2 is 1.88 bits per heavy atom. The van der Waals surface area contributed by atoms with Crippen LogP contribution in [0.25, 0.3) is 0 Å². The molecule has 1 atom stereocenters. The number of anilines is 1. The highest BCUT2D eigenvalue weighted by Gasteiger charge is 2.40. The first-order chi connectivity index (χ1) is 19.3. The van der Waals surface area contributed by atoms with Gasteiger partial charge in [0.05, 0.1) is 12.0 Å². The van der Waals surface area contributed by atoms with E-state index >= 15 is 0 Å². The lowest BCUT2D eigenvalue weighted by Crippen LogP contribution is -2.52. The van der Waals surface area contributed by atoms with Crippen LogP contribution in [0.1, 0.15) is 70.8 Å². The van der Waals surface area contributed by atoms with Gasteiger partial charge in [-0.25, -0.2) is 4.39 Å². The van der Waals surface area contributed by atoms with Crippen LogP contribution in [0, 0.1) is 5.82 Å². The molecule has 11 heteroatoms. The van der Waals surface area contributed by atoms with Crippen molar-refractivity contribution < 1.29 is 28.3 Å². The molecule has 1 unspecified atom stereocenters. The number of rotatable bonds is 8. The van der Waals surface area contributed by atoms with Crippen LogP contribution in [-0.2, 0) is 34.0 Å². The molecule has 6 rings (SSSR count). The Balaban J connectivity index is 1.03. The Morgan fingerprint density at radius 1 is 1.07 bits per heavy atom. The summed E-state index contributed by atoms with van der Waals surface area (Å²) in [5.74, 6) is -0.738. The number of carbonyl (C=O) groups excluding carboxylic acids is 4. The number of halogens is 1. The number of fused-ring (bicyclic) bond motifs is 1. The fourth-order valence-corrected chi connectivity index (χ4v) is 5.38. The van der Waals surface area contributed by atoms with Crippen molar-refractivity contribution in [2.24, 2.45) is 0 Å². The Kier molecular flexibility index (Phi) is 6.79. The Bertz CT molecular complexity index is 1500. The SMILES string of the molecule is O=C1CCC(N2Cc3cc(COc4ccc(CC(=O)Nc5cc(C6CCC6)[nH]n5)cc4)cc(F)c3C2=O)C(=O)N1. The molecule has 2 fully saturated rings. The third-order valence-corrected chi connectivity index (χ3v) is 7.74. The summed E-state index contributed by atoms with van der Waals surface area (Å²) >= 11 is 0. The molecule has 10 nitrogen and oxygen atoms in total. The molecule has 0 spiro atoms. The van der Waals surface area contributed by atoms with E-state index in [2.05, 4.69) is 20.8 Å². The first-order valence-electron chi connectivity index (χ1n) is 13.4. The molecule has 2 aromatic carbocycles. The van der Waals surface area contributed by atoms with Crippen LogP contribution >= 0.6 is 0 Å². The van der Waals surface area contributed by atoms with Crippen LogP contribution in [0.4, 0.5) is 10.2 Å². The number of imide groups is 1. The van der Waals surface area contributed by atoms with Gasteiger partial charge in [0.1, 0.15) is 24.2 Å². The summed E-state index contributed by atoms with van der Waals surface area (Å²) in [5.41, 5.74) is 2.83. The molecule has 2 aliphatic heterocycles. The quantitative estimate of drug-likeness (QED) is 0.372. The number of hydrogen-bond donors (Lipinski definition) is 3. The smallest absolute Gasteiger partial charge is 0.258 e. The van der Waals surface area contributed by atoms with E-state index in [1.807, 2.05) is 6.07 Å². The maximum Gasteiger partial charge on any atom is 0.258 e. The summed E-state index contributed by atoms with van der Waals surface area (Å²) in [6, 6.07) is 11.1. The van der Waals surface area contributed by atoms with Gasteiger partial charge in [0.15, 0.2) is 5.82 Å². The van der Waals surface area contributed by atoms with E-state index in [0.717, 1.165) is 24.1 Å². The first kappa shape index (κ1) is 25.7. The van der Waals surface area contributed by atoms with Gasteiger partial charge < -0.3 is 15.0 Å². The molecule has 1 saturated carbocycles. The van der Waals surface area contributed by atoms with Crippen molar-refractivity contribution in [3.05, 3.63) is 76.2 Å². The fraction of sp³-hybridized carbons (Fsp3) is 0.345. The third-order valence-electron chi connectivity index (χ3n) is 7.74. The minimum atomic E-state index is -0.804. The summed E-state index contributed by atoms with van der Waals surface area (Å²) in [5, 5.41) is 12.2. The van der Waals surface area contributed by atoms with Gasteiger partial charge in [-0.2, -0.15) is 5.10 Å². The number of ether oxygens (including phenoxy) is 1. The van der Waals surface area contributed by atoms with E-state index in [9.17, 15) is 23.6 Å². The van der Waals surface area contributed by atoms with Gasteiger partial charge in [-0.15, -0.1) is 0 Å². The highest BCUT2D eigenvalue weighted by Crippen LogP contribution is 2.36. The minimum absolute atomic E-state index is 0.0508. The average molecular weight is 546 g/mol. The number of aromatic nitrogens is 2. The Morgan fingerprint density at radius 3 is 2.60 bits per heavy atom. The van der Waals surface area contributed by atoms with Crippen molar-refractivity contribution in [2.45, 2.75) is 63.6 Å². The monoisotopic (exact) mass is 545 g/mol. The number of hydrogen-bond acceptors (Lipinski definition) is 6. The minimum Gasteiger partial charge on any atom is -0.489 e. The van der Waals surface area contributed by atoms with Crippen LogP contribution in [0.3, 0.4) is 0 Å². The van der Waals surface area contributed by atoms with Gasteiger partial charge in [-0.05, 0) is 60.2 Å². The van der Waals surface area contributed by atoms with Gasteiger partial charge in [0, 0.05) is 30.6 Å². The zero-order valence-corrected chi connectivity index (χ0v) is 21.7. The molecule has 3 aromatic rings. The van der Waals surface area contributed by atoms with Gasteiger partial charge in [0.25, 0.3) is 5.91 Å². The van der Waals surface area contributed by atoms with Crippen LogP contribution in [0.2, 0.25) is 0 Å². The normalized spacial score (nSPS) is 18.8. The molecule has 3 aliphatic rings. The van der Waals surface area contributed by atoms with Crippen LogP contribution < -0.4 is 15.4 Å². The van der Waals surface area contributed by atoms with Crippen LogP contribution in [0.5, 0.6) is 5.75 Å². The van der Waals surface area contributed by atoms with Gasteiger partial charge in [-0.3, -0.25) is 29.6 Å². The molecular formula is C29H28FN5O5. The van der Waals surface area contributed by atoms with Crippen molar-refractivity contribution in [3.8, 4) is 5.75 Å². The van der Waals surface area contributed by atoms with Crippen molar-refractivity contribution in [3.63, 3.8) is 0 Å². The molecule has 4 amide bonds. The molecule has 0 bridgehead atoms. The predicted molar refractivity (Wildman–Crippen MR) is 141 cm³/mol. The largest absolute Gasteiger partial charge is 0.489 e. The molecule has 3 heterocycles. The molecule has 1 aromatic heterocycles. The molecule has 40 heavy (non-hydrogen) atoms. The topological polar surface area (TPSA) is 133 Å². The van der Waals surface area contributed by atoms with E-state index < -0.39 is 23.7 Å². The summed E-state index contributed by atoms with van der Waals surface area (Å²) in [6.45, 7) is 0.154. The highest BCUT2D eigenvalue weighted by atomic mass is 19.1. The number of nitrogens with zero attached hydrogens (tertiary/aromatic N) is 2. The number of aromatic amines is 1. The molecule has 0 radical (unpaired) electrons. The van der Waals surface area contributed by atoms with Crippen molar-refractivity contribution in [2.75, 3.05) is 5.32 Å². The number of amides is 4.